The fraction of sp³-hybridized carbons (Fsp3) is 0.600. The molecule has 0 aromatic carbocycles. The summed E-state index contributed by atoms with van der Waals surface area (Å²) in [7, 11) is 0. The number of aromatic amines is 2. The van der Waals surface area contributed by atoms with E-state index in [-0.39, 0.29) is 6.10 Å². The first kappa shape index (κ1) is 11.1. The predicted octanol–water partition coefficient (Wildman–Crippen LogP) is -0.980. The fourth-order valence-corrected chi connectivity index (χ4v) is 2.02. The lowest BCUT2D eigenvalue weighted by molar-refractivity contribution is 0.0661. The first-order valence-corrected chi connectivity index (χ1v) is 5.36. The molecule has 0 spiro atoms. The summed E-state index contributed by atoms with van der Waals surface area (Å²) in [6.07, 6.45) is 1.46. The van der Waals surface area contributed by atoms with Gasteiger partial charge in [0, 0.05) is 24.8 Å². The van der Waals surface area contributed by atoms with Crippen LogP contribution in [0.4, 0.5) is 0 Å². The molecular formula is C10H15N3O3. The predicted molar refractivity (Wildman–Crippen MR) is 58.2 cm³/mol. The monoisotopic (exact) mass is 225 g/mol. The third kappa shape index (κ3) is 2.80. The number of β-amino-alcohol motifs (C(OH)–C–C–N with tert-alkyl or cyclic N) is 1. The van der Waals surface area contributed by atoms with Crippen LogP contribution in [0.2, 0.25) is 0 Å². The number of aliphatic hydroxyl groups excluding tert-OH is 1. The lowest BCUT2D eigenvalue weighted by Crippen LogP contribution is -2.38. The highest BCUT2D eigenvalue weighted by Gasteiger charge is 2.17. The van der Waals surface area contributed by atoms with Crippen LogP contribution >= 0.6 is 0 Å². The third-order valence-corrected chi connectivity index (χ3v) is 2.69. The Bertz CT molecular complexity index is 437. The van der Waals surface area contributed by atoms with Crippen molar-refractivity contribution in [2.24, 2.45) is 0 Å². The Hall–Kier alpha value is -1.40. The van der Waals surface area contributed by atoms with Crippen LogP contribution < -0.4 is 11.2 Å². The van der Waals surface area contributed by atoms with Crippen molar-refractivity contribution in [3.8, 4) is 0 Å². The Kier molecular flexibility index (Phi) is 3.21. The Morgan fingerprint density at radius 1 is 1.44 bits per heavy atom. The van der Waals surface area contributed by atoms with Crippen molar-refractivity contribution in [2.75, 3.05) is 13.1 Å². The van der Waals surface area contributed by atoms with E-state index in [0.717, 1.165) is 19.4 Å². The van der Waals surface area contributed by atoms with Crippen molar-refractivity contribution < 1.29 is 5.11 Å². The maximum absolute atomic E-state index is 11.1. The number of likely N-dealkylation sites (tertiary alicyclic amines) is 1. The van der Waals surface area contributed by atoms with E-state index in [1.165, 1.54) is 6.07 Å². The number of H-pyrrole nitrogens is 2. The van der Waals surface area contributed by atoms with Crippen LogP contribution in [0.15, 0.2) is 15.7 Å². The summed E-state index contributed by atoms with van der Waals surface area (Å²) in [4.78, 5) is 28.8. The highest BCUT2D eigenvalue weighted by molar-refractivity contribution is 4.98. The Balaban J connectivity index is 2.08. The molecule has 0 saturated carbocycles. The summed E-state index contributed by atoms with van der Waals surface area (Å²) < 4.78 is 0. The zero-order chi connectivity index (χ0) is 11.5. The fourth-order valence-electron chi connectivity index (χ4n) is 2.02. The van der Waals surface area contributed by atoms with Crippen molar-refractivity contribution in [3.63, 3.8) is 0 Å². The van der Waals surface area contributed by atoms with Gasteiger partial charge in [0.2, 0.25) is 0 Å². The Morgan fingerprint density at radius 2 is 2.25 bits per heavy atom. The van der Waals surface area contributed by atoms with Crippen molar-refractivity contribution in [3.05, 3.63) is 32.6 Å². The molecule has 0 aliphatic carbocycles. The van der Waals surface area contributed by atoms with Gasteiger partial charge in [-0.25, -0.2) is 4.79 Å². The van der Waals surface area contributed by atoms with Crippen molar-refractivity contribution in [2.45, 2.75) is 25.5 Å². The van der Waals surface area contributed by atoms with Gasteiger partial charge in [0.25, 0.3) is 5.56 Å². The van der Waals surface area contributed by atoms with E-state index in [1.54, 1.807) is 0 Å². The number of aromatic nitrogens is 2. The van der Waals surface area contributed by atoms with E-state index in [0.29, 0.717) is 18.8 Å². The number of nitrogens with one attached hydrogen (secondary N) is 2. The molecule has 6 heteroatoms. The smallest absolute Gasteiger partial charge is 0.325 e. The van der Waals surface area contributed by atoms with E-state index in [2.05, 4.69) is 9.97 Å². The maximum atomic E-state index is 11.1. The van der Waals surface area contributed by atoms with Gasteiger partial charge in [0.05, 0.1) is 6.10 Å². The van der Waals surface area contributed by atoms with Gasteiger partial charge in [-0.2, -0.15) is 0 Å². The lowest BCUT2D eigenvalue weighted by Gasteiger charge is -2.29. The Morgan fingerprint density at radius 3 is 2.94 bits per heavy atom. The van der Waals surface area contributed by atoms with E-state index >= 15 is 0 Å². The maximum Gasteiger partial charge on any atom is 0.325 e. The molecule has 16 heavy (non-hydrogen) atoms. The second-order valence-corrected chi connectivity index (χ2v) is 4.14. The van der Waals surface area contributed by atoms with Gasteiger partial charge in [-0.1, -0.05) is 0 Å². The van der Waals surface area contributed by atoms with Crippen LogP contribution in [-0.4, -0.2) is 39.2 Å². The molecule has 3 N–H and O–H groups in total. The van der Waals surface area contributed by atoms with Crippen molar-refractivity contribution in [1.82, 2.24) is 14.9 Å². The molecule has 1 aliphatic heterocycles. The number of rotatable bonds is 2. The minimum absolute atomic E-state index is 0.303. The molecule has 1 aromatic heterocycles. The van der Waals surface area contributed by atoms with Crippen LogP contribution in [0, 0.1) is 0 Å². The van der Waals surface area contributed by atoms with E-state index < -0.39 is 11.2 Å². The molecule has 0 bridgehead atoms. The molecule has 88 valence electrons. The van der Waals surface area contributed by atoms with Crippen molar-refractivity contribution >= 4 is 0 Å². The molecule has 1 aromatic rings. The van der Waals surface area contributed by atoms with Gasteiger partial charge in [-0.3, -0.25) is 14.7 Å². The van der Waals surface area contributed by atoms with E-state index in [9.17, 15) is 14.7 Å². The average Bonchev–Trinajstić information content (AvgIpc) is 2.15. The normalized spacial score (nSPS) is 22.2. The van der Waals surface area contributed by atoms with Gasteiger partial charge in [0.1, 0.15) is 0 Å². The molecule has 1 unspecified atom stereocenters. The summed E-state index contributed by atoms with van der Waals surface area (Å²) >= 11 is 0. The highest BCUT2D eigenvalue weighted by atomic mass is 16.3. The van der Waals surface area contributed by atoms with Gasteiger partial charge in [0.15, 0.2) is 0 Å². The van der Waals surface area contributed by atoms with Crippen molar-refractivity contribution in [1.29, 1.82) is 0 Å². The quantitative estimate of drug-likeness (QED) is 0.603. The van der Waals surface area contributed by atoms with Gasteiger partial charge >= 0.3 is 5.69 Å². The summed E-state index contributed by atoms with van der Waals surface area (Å²) in [6.45, 7) is 1.97. The molecule has 6 nitrogen and oxygen atoms in total. The molecule has 1 atom stereocenters. The minimum atomic E-state index is -0.486. The standard InChI is InChI=1S/C10H15N3O3/c14-8-2-1-3-13(6-8)5-7-4-9(15)12-10(16)11-7/h4,8,14H,1-3,5-6H2,(H2,11,12,15,16). The summed E-state index contributed by atoms with van der Waals surface area (Å²) in [5.74, 6) is 0. The molecule has 1 fully saturated rings. The summed E-state index contributed by atoms with van der Waals surface area (Å²) in [6, 6.07) is 1.38. The van der Waals surface area contributed by atoms with Crippen LogP contribution in [0.25, 0.3) is 0 Å². The average molecular weight is 225 g/mol. The molecule has 1 aliphatic rings. The largest absolute Gasteiger partial charge is 0.392 e. The second-order valence-electron chi connectivity index (χ2n) is 4.14. The molecule has 2 rings (SSSR count). The molecule has 2 heterocycles. The second kappa shape index (κ2) is 4.63. The topological polar surface area (TPSA) is 89.2 Å². The lowest BCUT2D eigenvalue weighted by atomic mass is 10.1. The molecule has 1 saturated heterocycles. The number of piperidine rings is 1. The zero-order valence-corrected chi connectivity index (χ0v) is 8.90. The number of nitrogens with zero attached hydrogens (tertiary/aromatic N) is 1. The van der Waals surface area contributed by atoms with Gasteiger partial charge in [-0.15, -0.1) is 0 Å². The first-order chi connectivity index (χ1) is 7.63. The Labute approximate surface area is 91.9 Å². The number of hydrogen-bond donors (Lipinski definition) is 3. The van der Waals surface area contributed by atoms with E-state index in [1.807, 2.05) is 4.90 Å². The van der Waals surface area contributed by atoms with Crippen LogP contribution in [0.5, 0.6) is 0 Å². The first-order valence-electron chi connectivity index (χ1n) is 5.36. The number of aliphatic hydroxyl groups is 1. The van der Waals surface area contributed by atoms with Crippen LogP contribution in [-0.2, 0) is 6.54 Å². The summed E-state index contributed by atoms with van der Waals surface area (Å²) in [5, 5.41) is 9.49. The number of hydrogen-bond acceptors (Lipinski definition) is 4. The van der Waals surface area contributed by atoms with Crippen LogP contribution in [0.1, 0.15) is 18.5 Å². The molecule has 0 radical (unpaired) electrons. The van der Waals surface area contributed by atoms with E-state index in [4.69, 9.17) is 0 Å². The molecule has 0 amide bonds. The minimum Gasteiger partial charge on any atom is -0.392 e. The third-order valence-electron chi connectivity index (χ3n) is 2.69. The van der Waals surface area contributed by atoms with Gasteiger partial charge < -0.3 is 10.1 Å². The highest BCUT2D eigenvalue weighted by Crippen LogP contribution is 2.11. The van der Waals surface area contributed by atoms with Gasteiger partial charge in [-0.05, 0) is 19.4 Å². The SMILES string of the molecule is O=c1cc(CN2CCCC(O)C2)[nH]c(=O)[nH]1. The zero-order valence-electron chi connectivity index (χ0n) is 8.90. The van der Waals surface area contributed by atoms with Crippen LogP contribution in [0.3, 0.4) is 0 Å². The summed E-state index contributed by atoms with van der Waals surface area (Å²) in [5.41, 5.74) is -0.292. The molecular weight excluding hydrogens is 210 g/mol.